The van der Waals surface area contributed by atoms with Crippen LogP contribution in [0.2, 0.25) is 0 Å². The number of aryl methyl sites for hydroxylation is 1. The molecule has 5 heteroatoms. The Hall–Kier alpha value is -1.20. The van der Waals surface area contributed by atoms with Crippen molar-refractivity contribution in [3.05, 3.63) is 29.6 Å². The van der Waals surface area contributed by atoms with Gasteiger partial charge in [-0.15, -0.1) is 0 Å². The Labute approximate surface area is 112 Å². The first-order valence-corrected chi connectivity index (χ1v) is 6.48. The van der Waals surface area contributed by atoms with Gasteiger partial charge in [0.2, 0.25) is 0 Å². The summed E-state index contributed by atoms with van der Waals surface area (Å²) < 4.78 is 19.0. The number of thiocarbonyl (C=S) groups is 1. The number of benzene rings is 1. The van der Waals surface area contributed by atoms with E-state index >= 15 is 0 Å². The van der Waals surface area contributed by atoms with Gasteiger partial charge in [-0.05, 0) is 49.7 Å². The zero-order valence-electron chi connectivity index (χ0n) is 10.3. The second-order valence-electron chi connectivity index (χ2n) is 4.45. The second-order valence-corrected chi connectivity index (χ2v) is 4.86. The fourth-order valence-corrected chi connectivity index (χ4v) is 2.11. The molecule has 1 aromatic carbocycles. The Morgan fingerprint density at radius 3 is 3.11 bits per heavy atom. The minimum atomic E-state index is -0.304. The van der Waals surface area contributed by atoms with Crippen LogP contribution in [0, 0.1) is 12.7 Å². The Bertz CT molecular complexity index is 433. The van der Waals surface area contributed by atoms with Crippen LogP contribution >= 0.6 is 12.2 Å². The normalized spacial score (nSPS) is 18.7. The van der Waals surface area contributed by atoms with E-state index in [1.165, 1.54) is 6.07 Å². The highest BCUT2D eigenvalue weighted by atomic mass is 32.1. The van der Waals surface area contributed by atoms with Gasteiger partial charge < -0.3 is 15.4 Å². The monoisotopic (exact) mass is 268 g/mol. The Balaban J connectivity index is 1.84. The summed E-state index contributed by atoms with van der Waals surface area (Å²) in [5, 5.41) is 6.34. The molecule has 1 aromatic rings. The molecule has 0 radical (unpaired) electrons. The Kier molecular flexibility index (Phi) is 4.49. The molecule has 0 aromatic heterocycles. The van der Waals surface area contributed by atoms with Crippen molar-refractivity contribution in [2.24, 2.45) is 0 Å². The Morgan fingerprint density at radius 2 is 2.39 bits per heavy atom. The van der Waals surface area contributed by atoms with Gasteiger partial charge in [-0.3, -0.25) is 0 Å². The van der Waals surface area contributed by atoms with Crippen LogP contribution in [0.1, 0.15) is 18.4 Å². The van der Waals surface area contributed by atoms with Crippen LogP contribution in [0.15, 0.2) is 18.2 Å². The van der Waals surface area contributed by atoms with E-state index in [0.717, 1.165) is 25.0 Å². The van der Waals surface area contributed by atoms with E-state index in [-0.39, 0.29) is 11.9 Å². The van der Waals surface area contributed by atoms with Crippen molar-refractivity contribution in [1.29, 1.82) is 0 Å². The molecule has 1 aliphatic heterocycles. The van der Waals surface area contributed by atoms with E-state index in [2.05, 4.69) is 10.6 Å². The van der Waals surface area contributed by atoms with Crippen LogP contribution in [-0.4, -0.2) is 24.4 Å². The van der Waals surface area contributed by atoms with Crippen molar-refractivity contribution in [1.82, 2.24) is 5.32 Å². The predicted molar refractivity (Wildman–Crippen MR) is 74.3 cm³/mol. The summed E-state index contributed by atoms with van der Waals surface area (Å²) >= 11 is 5.13. The first kappa shape index (κ1) is 13.2. The maximum Gasteiger partial charge on any atom is 0.170 e. The average Bonchev–Trinajstić information content (AvgIpc) is 2.84. The second kappa shape index (κ2) is 6.11. The van der Waals surface area contributed by atoms with E-state index in [1.54, 1.807) is 12.1 Å². The fourth-order valence-electron chi connectivity index (χ4n) is 1.91. The third-order valence-corrected chi connectivity index (χ3v) is 3.13. The maximum atomic E-state index is 13.5. The third-order valence-electron chi connectivity index (χ3n) is 2.88. The summed E-state index contributed by atoms with van der Waals surface area (Å²) in [6.07, 6.45) is 2.36. The fraction of sp³-hybridized carbons (Fsp3) is 0.462. The number of rotatable bonds is 3. The summed E-state index contributed by atoms with van der Waals surface area (Å²) in [5.41, 5.74) is 1.39. The van der Waals surface area contributed by atoms with Crippen molar-refractivity contribution in [3.63, 3.8) is 0 Å². The molecule has 0 spiro atoms. The highest BCUT2D eigenvalue weighted by molar-refractivity contribution is 7.80. The highest BCUT2D eigenvalue weighted by Gasteiger charge is 2.15. The summed E-state index contributed by atoms with van der Waals surface area (Å²) in [7, 11) is 0. The van der Waals surface area contributed by atoms with E-state index in [1.807, 2.05) is 6.92 Å². The van der Waals surface area contributed by atoms with Gasteiger partial charge >= 0.3 is 0 Å². The molecule has 0 bridgehead atoms. The molecule has 0 saturated carbocycles. The number of hydrogen-bond donors (Lipinski definition) is 2. The quantitative estimate of drug-likeness (QED) is 0.826. The van der Waals surface area contributed by atoms with Crippen LogP contribution in [0.3, 0.4) is 0 Å². The van der Waals surface area contributed by atoms with Crippen molar-refractivity contribution in [2.45, 2.75) is 25.9 Å². The summed E-state index contributed by atoms with van der Waals surface area (Å²) in [4.78, 5) is 0. The molecule has 1 aliphatic rings. The van der Waals surface area contributed by atoms with Gasteiger partial charge in [0, 0.05) is 13.2 Å². The predicted octanol–water partition coefficient (Wildman–Crippen LogP) is 2.60. The summed E-state index contributed by atoms with van der Waals surface area (Å²) in [6.45, 7) is 3.39. The number of nitrogens with one attached hydrogen (secondary N) is 2. The van der Waals surface area contributed by atoms with E-state index in [0.29, 0.717) is 17.3 Å². The molecule has 98 valence electrons. The SMILES string of the molecule is Cc1ccc(F)c(NC(=S)NCC2CCCO2)c1. The van der Waals surface area contributed by atoms with E-state index < -0.39 is 0 Å². The Morgan fingerprint density at radius 1 is 1.56 bits per heavy atom. The van der Waals surface area contributed by atoms with Crippen molar-refractivity contribution >= 4 is 23.0 Å². The molecule has 0 amide bonds. The van der Waals surface area contributed by atoms with Gasteiger partial charge in [0.1, 0.15) is 5.82 Å². The molecule has 1 saturated heterocycles. The molecule has 1 fully saturated rings. The molecule has 1 heterocycles. The third kappa shape index (κ3) is 3.65. The van der Waals surface area contributed by atoms with E-state index in [9.17, 15) is 4.39 Å². The van der Waals surface area contributed by atoms with Gasteiger partial charge in [0.15, 0.2) is 5.11 Å². The van der Waals surface area contributed by atoms with Crippen LogP contribution in [0.25, 0.3) is 0 Å². The van der Waals surface area contributed by atoms with E-state index in [4.69, 9.17) is 17.0 Å². The molecular formula is C13H17FN2OS. The lowest BCUT2D eigenvalue weighted by Gasteiger charge is -2.14. The smallest absolute Gasteiger partial charge is 0.170 e. The first-order valence-electron chi connectivity index (χ1n) is 6.08. The highest BCUT2D eigenvalue weighted by Crippen LogP contribution is 2.15. The lowest BCUT2D eigenvalue weighted by atomic mass is 10.2. The molecule has 18 heavy (non-hydrogen) atoms. The average molecular weight is 268 g/mol. The lowest BCUT2D eigenvalue weighted by molar-refractivity contribution is 0.114. The molecule has 0 aliphatic carbocycles. The minimum Gasteiger partial charge on any atom is -0.376 e. The van der Waals surface area contributed by atoms with Gasteiger partial charge in [0.25, 0.3) is 0 Å². The summed E-state index contributed by atoms with van der Waals surface area (Å²) in [5.74, 6) is -0.304. The minimum absolute atomic E-state index is 0.215. The van der Waals surface area contributed by atoms with Crippen LogP contribution < -0.4 is 10.6 Å². The molecule has 3 nitrogen and oxygen atoms in total. The van der Waals surface area contributed by atoms with Crippen molar-refractivity contribution < 1.29 is 9.13 Å². The standard InChI is InChI=1S/C13H17FN2OS/c1-9-4-5-11(14)12(7-9)16-13(18)15-8-10-3-2-6-17-10/h4-5,7,10H,2-3,6,8H2,1H3,(H2,15,16,18). The number of anilines is 1. The number of ether oxygens (including phenoxy) is 1. The molecule has 1 unspecified atom stereocenters. The van der Waals surface area contributed by atoms with Crippen LogP contribution in [0.5, 0.6) is 0 Å². The van der Waals surface area contributed by atoms with Crippen molar-refractivity contribution in [3.8, 4) is 0 Å². The largest absolute Gasteiger partial charge is 0.376 e. The maximum absolute atomic E-state index is 13.5. The molecular weight excluding hydrogens is 251 g/mol. The zero-order chi connectivity index (χ0) is 13.0. The van der Waals surface area contributed by atoms with Gasteiger partial charge in [-0.25, -0.2) is 4.39 Å². The molecule has 2 N–H and O–H groups in total. The van der Waals surface area contributed by atoms with Crippen molar-refractivity contribution in [2.75, 3.05) is 18.5 Å². The number of halogens is 1. The first-order chi connectivity index (χ1) is 8.65. The molecule has 1 atom stereocenters. The van der Waals surface area contributed by atoms with Gasteiger partial charge in [-0.1, -0.05) is 6.07 Å². The number of hydrogen-bond acceptors (Lipinski definition) is 2. The lowest BCUT2D eigenvalue weighted by Crippen LogP contribution is -2.35. The zero-order valence-corrected chi connectivity index (χ0v) is 11.1. The summed E-state index contributed by atoms with van der Waals surface area (Å²) in [6, 6.07) is 4.89. The topological polar surface area (TPSA) is 33.3 Å². The van der Waals surface area contributed by atoms with Gasteiger partial charge in [-0.2, -0.15) is 0 Å². The molecule has 2 rings (SSSR count). The van der Waals surface area contributed by atoms with Crippen LogP contribution in [-0.2, 0) is 4.74 Å². The van der Waals surface area contributed by atoms with Crippen LogP contribution in [0.4, 0.5) is 10.1 Å². The van der Waals surface area contributed by atoms with Gasteiger partial charge in [0.05, 0.1) is 11.8 Å².